The summed E-state index contributed by atoms with van der Waals surface area (Å²) in [7, 11) is 0. The smallest absolute Gasteiger partial charge is 0.376 e. The highest BCUT2D eigenvalue weighted by molar-refractivity contribution is 5.88. The minimum absolute atomic E-state index is 0.0213. The number of hydrogen-bond donors (Lipinski definition) is 5. The molecule has 4 amide bonds. The van der Waals surface area contributed by atoms with E-state index in [0.717, 1.165) is 84.5 Å². The Labute approximate surface area is 325 Å². The first kappa shape index (κ1) is 48.8. The van der Waals surface area contributed by atoms with Crippen LogP contribution in [0.3, 0.4) is 0 Å². The quantitative estimate of drug-likeness (QED) is 0.0997. The van der Waals surface area contributed by atoms with E-state index in [1.54, 1.807) is 24.3 Å². The van der Waals surface area contributed by atoms with Crippen molar-refractivity contribution in [3.63, 3.8) is 0 Å². The van der Waals surface area contributed by atoms with Crippen molar-refractivity contribution in [3.05, 3.63) is 60.3 Å². The summed E-state index contributed by atoms with van der Waals surface area (Å²) in [5, 5.41) is 8.76. The van der Waals surface area contributed by atoms with Crippen molar-refractivity contribution in [3.8, 4) is 0 Å². The maximum atomic E-state index is 12.8. The number of primary amides is 2. The molecule has 14 heteroatoms. The number of nitrogens with two attached hydrogens (primary N) is 2. The van der Waals surface area contributed by atoms with Crippen molar-refractivity contribution in [2.24, 2.45) is 29.2 Å². The van der Waals surface area contributed by atoms with Crippen LogP contribution in [-0.2, 0) is 28.7 Å². The third-order valence-electron chi connectivity index (χ3n) is 9.60. The van der Waals surface area contributed by atoms with Gasteiger partial charge < -0.3 is 32.2 Å². The standard InChI is InChI=1S/C26H38N4O3.C13H21F3O2.C2H5NO/c1-5-6-10-17(2)26(33)29-22(15-20-13-14-20)18(3)19(4)28-16-23(31)30-24(25(27)32)21-11-8-7-9-12-21;1-9(17)11(10-7-5-4-6-8-10)18-12(2,3)13(14,15)16;1-2(3)4/h7-9,11-12,17,20,22,24,28H,3-6,10,13-16H2,1-2H3,(H2,27,32)(H,29,33)(H,30,31);10-11H,4-8H2,1-3H3;1H3,(H2,3,4). The second-order valence-electron chi connectivity index (χ2n) is 15.1. The summed E-state index contributed by atoms with van der Waals surface area (Å²) < 4.78 is 43.5. The van der Waals surface area contributed by atoms with E-state index in [1.807, 2.05) is 13.0 Å². The second kappa shape index (κ2) is 23.7. The predicted molar refractivity (Wildman–Crippen MR) is 208 cm³/mol. The second-order valence-corrected chi connectivity index (χ2v) is 15.1. The molecule has 2 aliphatic carbocycles. The number of Topliss-reactive ketones (excluding diaryl/α,β-unsaturated/α-hetero) is 1. The topological polar surface area (TPSA) is 183 Å². The SMILES string of the molecule is C=C(NCC(=O)NC(C(N)=O)c1ccccc1)C(=C)C(CC1CC1)NC(=O)C(C)CCCC.CC(=O)C(OC(C)(C)C(F)(F)F)C1CCCCC1.CC(N)=O. The van der Waals surface area contributed by atoms with Gasteiger partial charge in [-0.25, -0.2) is 0 Å². The van der Waals surface area contributed by atoms with E-state index < -0.39 is 35.7 Å². The molecule has 0 heterocycles. The van der Waals surface area contributed by atoms with Crippen molar-refractivity contribution in [1.82, 2.24) is 16.0 Å². The molecule has 4 unspecified atom stereocenters. The lowest BCUT2D eigenvalue weighted by Crippen LogP contribution is -2.48. The van der Waals surface area contributed by atoms with E-state index in [0.29, 0.717) is 22.8 Å². The molecule has 1 aromatic carbocycles. The fraction of sp³-hybridized carbons (Fsp3) is 0.634. The third-order valence-corrected chi connectivity index (χ3v) is 9.60. The van der Waals surface area contributed by atoms with Gasteiger partial charge in [-0.2, -0.15) is 13.2 Å². The maximum Gasteiger partial charge on any atom is 0.416 e. The number of hydrogen-bond acceptors (Lipinski definition) is 7. The van der Waals surface area contributed by atoms with Gasteiger partial charge in [0.2, 0.25) is 23.6 Å². The average molecular weight is 780 g/mol. The lowest BCUT2D eigenvalue weighted by molar-refractivity contribution is -0.278. The van der Waals surface area contributed by atoms with Crippen LogP contribution < -0.4 is 27.4 Å². The molecule has 3 rings (SSSR count). The first-order chi connectivity index (χ1) is 25.6. The van der Waals surface area contributed by atoms with Crippen molar-refractivity contribution in [2.45, 2.75) is 142 Å². The van der Waals surface area contributed by atoms with Gasteiger partial charge in [-0.3, -0.25) is 24.0 Å². The van der Waals surface area contributed by atoms with Gasteiger partial charge in [0, 0.05) is 18.5 Å². The molecule has 0 aliphatic heterocycles. The number of alkyl halides is 3. The Hall–Kier alpha value is -4.20. The number of nitrogens with one attached hydrogen (secondary N) is 3. The first-order valence-electron chi connectivity index (χ1n) is 19.2. The summed E-state index contributed by atoms with van der Waals surface area (Å²) in [6.45, 7) is 16.7. The van der Waals surface area contributed by atoms with Crippen LogP contribution in [0.25, 0.3) is 0 Å². The summed E-state index contributed by atoms with van der Waals surface area (Å²) in [6, 6.07) is 7.70. The van der Waals surface area contributed by atoms with Crippen LogP contribution in [0.1, 0.15) is 124 Å². The molecule has 310 valence electrons. The summed E-state index contributed by atoms with van der Waals surface area (Å²) >= 11 is 0. The Morgan fingerprint density at radius 2 is 1.49 bits per heavy atom. The summed E-state index contributed by atoms with van der Waals surface area (Å²) in [4.78, 5) is 57.7. The Morgan fingerprint density at radius 1 is 0.927 bits per heavy atom. The van der Waals surface area contributed by atoms with Crippen molar-refractivity contribution in [1.29, 1.82) is 0 Å². The molecule has 0 aromatic heterocycles. The molecule has 1 aromatic rings. The molecule has 55 heavy (non-hydrogen) atoms. The van der Waals surface area contributed by atoms with Crippen LogP contribution in [0.5, 0.6) is 0 Å². The van der Waals surface area contributed by atoms with Crippen LogP contribution in [0.2, 0.25) is 0 Å². The number of ether oxygens (including phenoxy) is 1. The largest absolute Gasteiger partial charge is 0.416 e. The van der Waals surface area contributed by atoms with Crippen LogP contribution in [0.15, 0.2) is 54.8 Å². The molecular formula is C41H64F3N5O6. The van der Waals surface area contributed by atoms with E-state index in [1.165, 1.54) is 13.8 Å². The molecule has 7 N–H and O–H groups in total. The Kier molecular flexibility index (Phi) is 21.0. The van der Waals surface area contributed by atoms with E-state index in [2.05, 4.69) is 41.8 Å². The van der Waals surface area contributed by atoms with E-state index in [9.17, 15) is 37.1 Å². The minimum atomic E-state index is -4.46. The van der Waals surface area contributed by atoms with Crippen molar-refractivity contribution >= 4 is 29.4 Å². The van der Waals surface area contributed by atoms with Gasteiger partial charge in [0.05, 0.1) is 12.6 Å². The Balaban J connectivity index is 0.000000575. The highest BCUT2D eigenvalue weighted by Crippen LogP contribution is 2.38. The van der Waals surface area contributed by atoms with E-state index in [4.69, 9.17) is 10.5 Å². The van der Waals surface area contributed by atoms with Gasteiger partial charge in [-0.1, -0.05) is 102 Å². The fourth-order valence-corrected chi connectivity index (χ4v) is 5.95. The predicted octanol–water partition coefficient (Wildman–Crippen LogP) is 6.47. The Bertz CT molecular complexity index is 1420. The number of benzene rings is 1. The number of ketones is 1. The van der Waals surface area contributed by atoms with Crippen LogP contribution in [-0.4, -0.2) is 59.9 Å². The van der Waals surface area contributed by atoms with Gasteiger partial charge in [0.25, 0.3) is 0 Å². The van der Waals surface area contributed by atoms with E-state index in [-0.39, 0.29) is 42.0 Å². The van der Waals surface area contributed by atoms with Gasteiger partial charge in [0.1, 0.15) is 12.1 Å². The van der Waals surface area contributed by atoms with Crippen molar-refractivity contribution in [2.75, 3.05) is 6.54 Å². The molecule has 2 saturated carbocycles. The molecule has 0 saturated heterocycles. The average Bonchev–Trinajstić information content (AvgIpc) is 3.94. The zero-order valence-electron chi connectivity index (χ0n) is 33.5. The summed E-state index contributed by atoms with van der Waals surface area (Å²) in [6.07, 6.45) is 5.22. The van der Waals surface area contributed by atoms with Gasteiger partial charge in [-0.15, -0.1) is 0 Å². The lowest BCUT2D eigenvalue weighted by Gasteiger charge is -2.36. The monoisotopic (exact) mass is 779 g/mol. The summed E-state index contributed by atoms with van der Waals surface area (Å²) in [5.41, 5.74) is 9.44. The molecule has 0 radical (unpaired) electrons. The zero-order chi connectivity index (χ0) is 41.9. The van der Waals surface area contributed by atoms with Gasteiger partial charge in [0.15, 0.2) is 11.4 Å². The summed E-state index contributed by atoms with van der Waals surface area (Å²) in [5.74, 6) is -1.20. The molecule has 4 atom stereocenters. The number of carbonyl (C=O) groups excluding carboxylic acids is 5. The lowest BCUT2D eigenvalue weighted by atomic mass is 9.83. The highest BCUT2D eigenvalue weighted by atomic mass is 19.4. The Morgan fingerprint density at radius 3 is 1.96 bits per heavy atom. The van der Waals surface area contributed by atoms with Crippen molar-refractivity contribution < 1.29 is 41.9 Å². The maximum absolute atomic E-state index is 12.8. The molecule has 0 spiro atoms. The number of carbonyl (C=O) groups is 5. The number of amides is 4. The van der Waals surface area contributed by atoms with Crippen LogP contribution in [0, 0.1) is 17.8 Å². The fourth-order valence-electron chi connectivity index (χ4n) is 5.95. The number of unbranched alkanes of at least 4 members (excludes halogenated alkanes) is 1. The molecular weight excluding hydrogens is 715 g/mol. The van der Waals surface area contributed by atoms with Gasteiger partial charge >= 0.3 is 6.18 Å². The van der Waals surface area contributed by atoms with Crippen LogP contribution >= 0.6 is 0 Å². The van der Waals surface area contributed by atoms with Crippen LogP contribution in [0.4, 0.5) is 13.2 Å². The molecule has 2 aliphatic rings. The molecule has 0 bridgehead atoms. The number of halogens is 3. The zero-order valence-corrected chi connectivity index (χ0v) is 33.5. The number of rotatable bonds is 19. The highest BCUT2D eigenvalue weighted by Gasteiger charge is 2.51. The van der Waals surface area contributed by atoms with Gasteiger partial charge in [-0.05, 0) is 69.4 Å². The molecule has 11 nitrogen and oxygen atoms in total. The third kappa shape index (κ3) is 18.8. The normalized spacial score (nSPS) is 16.6. The van der Waals surface area contributed by atoms with E-state index >= 15 is 0 Å². The molecule has 2 fully saturated rings. The minimum Gasteiger partial charge on any atom is -0.376 e. The first-order valence-corrected chi connectivity index (χ1v) is 19.2.